The molecule has 2 aromatic heterocycles. The van der Waals surface area contributed by atoms with Gasteiger partial charge in [0.1, 0.15) is 11.6 Å². The number of pyridine rings is 1. The summed E-state index contributed by atoms with van der Waals surface area (Å²) in [5.41, 5.74) is 9.38. The van der Waals surface area contributed by atoms with E-state index >= 15 is 0 Å². The topological polar surface area (TPSA) is 143 Å². The average molecular weight is 460 g/mol. The predicted octanol–water partition coefficient (Wildman–Crippen LogP) is 2.38. The summed E-state index contributed by atoms with van der Waals surface area (Å²) in [6, 6.07) is 8.36. The Morgan fingerprint density at radius 2 is 1.94 bits per heavy atom. The van der Waals surface area contributed by atoms with E-state index in [2.05, 4.69) is 25.6 Å². The van der Waals surface area contributed by atoms with Crippen LogP contribution in [0.2, 0.25) is 0 Å². The fourth-order valence-corrected chi connectivity index (χ4v) is 3.75. The van der Waals surface area contributed by atoms with Crippen molar-refractivity contribution in [3.8, 4) is 0 Å². The number of nitrogen functional groups attached to an aromatic ring is 1. The molecule has 1 atom stereocenters. The number of fused-ring (bicyclic) bond motifs is 1. The number of carbonyl (C=O) groups excluding carboxylic acids is 3. The lowest BCUT2D eigenvalue weighted by Crippen LogP contribution is -2.41. The van der Waals surface area contributed by atoms with Gasteiger partial charge in [0.25, 0.3) is 0 Å². The fourth-order valence-electron chi connectivity index (χ4n) is 3.75. The first-order chi connectivity index (χ1) is 16.3. The van der Waals surface area contributed by atoms with E-state index < -0.39 is 17.9 Å². The first kappa shape index (κ1) is 22.8. The van der Waals surface area contributed by atoms with Crippen LogP contribution in [-0.4, -0.2) is 37.6 Å². The highest BCUT2D eigenvalue weighted by Gasteiger charge is 2.29. The number of nitrogens with two attached hydrogens (primary N) is 1. The Hall–Kier alpha value is -4.34. The van der Waals surface area contributed by atoms with Crippen LogP contribution in [0, 0.1) is 6.92 Å². The van der Waals surface area contributed by atoms with Crippen LogP contribution >= 0.6 is 0 Å². The number of nitrogens with one attached hydrogen (secondary N) is 2. The van der Waals surface area contributed by atoms with Crippen molar-refractivity contribution in [1.82, 2.24) is 19.9 Å². The molecule has 0 fully saturated rings. The second kappa shape index (κ2) is 9.65. The summed E-state index contributed by atoms with van der Waals surface area (Å²) in [5.74, 6) is -0.793. The van der Waals surface area contributed by atoms with Crippen LogP contribution in [0.4, 0.5) is 17.2 Å². The van der Waals surface area contributed by atoms with Crippen LogP contribution in [-0.2, 0) is 27.3 Å². The van der Waals surface area contributed by atoms with E-state index in [1.807, 2.05) is 18.2 Å². The molecule has 10 nitrogen and oxygen atoms in total. The molecule has 0 saturated carbocycles. The predicted molar refractivity (Wildman–Crippen MR) is 126 cm³/mol. The molecule has 0 aliphatic carbocycles. The second-order valence-electron chi connectivity index (χ2n) is 8.14. The van der Waals surface area contributed by atoms with Crippen molar-refractivity contribution in [3.05, 3.63) is 71.4 Å². The molecule has 0 bridgehead atoms. The number of benzene rings is 1. The average Bonchev–Trinajstić information content (AvgIpc) is 2.84. The van der Waals surface area contributed by atoms with Gasteiger partial charge in [-0.05, 0) is 55.2 Å². The van der Waals surface area contributed by atoms with Crippen molar-refractivity contribution < 1.29 is 14.4 Å². The van der Waals surface area contributed by atoms with Crippen LogP contribution in [0.5, 0.6) is 0 Å². The van der Waals surface area contributed by atoms with E-state index in [0.717, 1.165) is 16.8 Å². The van der Waals surface area contributed by atoms with Gasteiger partial charge in [-0.3, -0.25) is 14.4 Å². The molecule has 4 N–H and O–H groups in total. The molecule has 0 radical (unpaired) electrons. The van der Waals surface area contributed by atoms with Crippen LogP contribution < -0.4 is 16.4 Å². The Morgan fingerprint density at radius 1 is 1.18 bits per heavy atom. The molecule has 0 saturated heterocycles. The van der Waals surface area contributed by atoms with Crippen molar-refractivity contribution in [2.75, 3.05) is 16.4 Å². The summed E-state index contributed by atoms with van der Waals surface area (Å²) < 4.78 is 0. The Morgan fingerprint density at radius 3 is 2.68 bits per heavy atom. The lowest BCUT2D eigenvalue weighted by molar-refractivity contribution is -0.145. The molecule has 3 aromatic rings. The molecule has 3 amide bonds. The summed E-state index contributed by atoms with van der Waals surface area (Å²) in [6.07, 6.45) is 5.60. The van der Waals surface area contributed by atoms with Gasteiger partial charge >= 0.3 is 11.8 Å². The zero-order valence-electron chi connectivity index (χ0n) is 18.9. The summed E-state index contributed by atoms with van der Waals surface area (Å²) in [4.78, 5) is 51.8. The third-order valence-corrected chi connectivity index (χ3v) is 5.68. The maximum Gasteiger partial charge on any atom is 0.313 e. The first-order valence-electron chi connectivity index (χ1n) is 10.8. The van der Waals surface area contributed by atoms with E-state index in [4.69, 9.17) is 5.73 Å². The van der Waals surface area contributed by atoms with E-state index in [9.17, 15) is 14.4 Å². The van der Waals surface area contributed by atoms with Gasteiger partial charge in [0.2, 0.25) is 5.91 Å². The molecule has 1 aromatic carbocycles. The normalized spacial score (nSPS) is 13.4. The summed E-state index contributed by atoms with van der Waals surface area (Å²) in [7, 11) is 0. The molecule has 3 heterocycles. The largest absolute Gasteiger partial charge is 0.383 e. The van der Waals surface area contributed by atoms with Crippen molar-refractivity contribution in [2.24, 2.45) is 0 Å². The Labute approximate surface area is 196 Å². The van der Waals surface area contributed by atoms with Crippen LogP contribution in [0.1, 0.15) is 41.9 Å². The molecule has 174 valence electrons. The smallest absolute Gasteiger partial charge is 0.313 e. The lowest BCUT2D eigenvalue weighted by atomic mass is 10.00. The molecular weight excluding hydrogens is 434 g/mol. The first-order valence-corrected chi connectivity index (χ1v) is 10.8. The van der Waals surface area contributed by atoms with Crippen molar-refractivity contribution in [1.29, 1.82) is 0 Å². The number of aromatic nitrogens is 3. The number of amides is 3. The fraction of sp³-hybridized carbons (Fsp3) is 0.250. The standard InChI is InChI=1S/C24H25N7O3/c1-14-10-18(12-28-21(14)25)29-23(33)24(34)31(15(2)22-26-8-3-9-27-22)13-16-4-6-19-17(11-16)5-7-20(32)30-19/h3-4,6,8-12,15H,5,7,13H2,1-2H3,(H2,25,28)(H,29,33)(H,30,32)/t15-/m1/s1. The monoisotopic (exact) mass is 459 g/mol. The zero-order valence-corrected chi connectivity index (χ0v) is 18.9. The van der Waals surface area contributed by atoms with Gasteiger partial charge in [0.15, 0.2) is 0 Å². The minimum absolute atomic E-state index is 0.0176. The van der Waals surface area contributed by atoms with Gasteiger partial charge < -0.3 is 21.3 Å². The van der Waals surface area contributed by atoms with Gasteiger partial charge in [-0.2, -0.15) is 0 Å². The number of carbonyl (C=O) groups is 3. The van der Waals surface area contributed by atoms with Crippen LogP contribution in [0.3, 0.4) is 0 Å². The van der Waals surface area contributed by atoms with Crippen molar-refractivity contribution in [3.63, 3.8) is 0 Å². The molecule has 0 spiro atoms. The van der Waals surface area contributed by atoms with E-state index in [1.54, 1.807) is 38.4 Å². The number of aryl methyl sites for hydroxylation is 2. The van der Waals surface area contributed by atoms with Crippen molar-refractivity contribution in [2.45, 2.75) is 39.3 Å². The Kier molecular flexibility index (Phi) is 6.48. The number of nitrogens with zero attached hydrogens (tertiary/aromatic N) is 4. The minimum atomic E-state index is -0.807. The SMILES string of the molecule is Cc1cc(NC(=O)C(=O)N(Cc2ccc3c(c2)CCC(=O)N3)[C@H](C)c2ncccn2)cnc1N. The van der Waals surface area contributed by atoms with E-state index in [1.165, 1.54) is 11.1 Å². The number of rotatable bonds is 5. The molecule has 10 heteroatoms. The number of anilines is 3. The maximum absolute atomic E-state index is 13.3. The van der Waals surface area contributed by atoms with Gasteiger partial charge in [-0.15, -0.1) is 0 Å². The minimum Gasteiger partial charge on any atom is -0.383 e. The van der Waals surface area contributed by atoms with Crippen LogP contribution in [0.15, 0.2) is 48.9 Å². The summed E-state index contributed by atoms with van der Waals surface area (Å²) >= 11 is 0. The number of hydrogen-bond acceptors (Lipinski definition) is 7. The lowest BCUT2D eigenvalue weighted by Gasteiger charge is -2.28. The maximum atomic E-state index is 13.3. The Bertz CT molecular complexity index is 1250. The Balaban J connectivity index is 1.60. The van der Waals surface area contributed by atoms with Gasteiger partial charge in [-0.1, -0.05) is 12.1 Å². The molecule has 1 aliphatic rings. The summed E-state index contributed by atoms with van der Waals surface area (Å²) in [6.45, 7) is 3.69. The highest BCUT2D eigenvalue weighted by molar-refractivity contribution is 6.39. The van der Waals surface area contributed by atoms with E-state index in [0.29, 0.717) is 35.7 Å². The third-order valence-electron chi connectivity index (χ3n) is 5.68. The molecular formula is C24H25N7O3. The molecule has 1 aliphatic heterocycles. The molecule has 4 rings (SSSR count). The molecule has 34 heavy (non-hydrogen) atoms. The third kappa shape index (κ3) is 5.01. The van der Waals surface area contributed by atoms with Crippen molar-refractivity contribution >= 4 is 34.9 Å². The second-order valence-corrected chi connectivity index (χ2v) is 8.14. The van der Waals surface area contributed by atoms with Gasteiger partial charge in [0, 0.05) is 31.0 Å². The highest BCUT2D eigenvalue weighted by atomic mass is 16.2. The van der Waals surface area contributed by atoms with Gasteiger partial charge in [0.05, 0.1) is 17.9 Å². The molecule has 0 unspecified atom stereocenters. The number of hydrogen-bond donors (Lipinski definition) is 3. The van der Waals surface area contributed by atoms with E-state index in [-0.39, 0.29) is 12.5 Å². The highest BCUT2D eigenvalue weighted by Crippen LogP contribution is 2.26. The van der Waals surface area contributed by atoms with Crippen LogP contribution in [0.25, 0.3) is 0 Å². The van der Waals surface area contributed by atoms with Gasteiger partial charge in [-0.25, -0.2) is 15.0 Å². The summed E-state index contributed by atoms with van der Waals surface area (Å²) in [5, 5.41) is 5.45. The zero-order chi connectivity index (χ0) is 24.2. The quantitative estimate of drug-likeness (QED) is 0.497.